The number of hydrogen-bond donors (Lipinski definition) is 0. The van der Waals surface area contributed by atoms with Crippen molar-refractivity contribution in [2.24, 2.45) is 0 Å². The lowest BCUT2D eigenvalue weighted by atomic mass is 10.1. The van der Waals surface area contributed by atoms with Crippen LogP contribution in [0.25, 0.3) is 10.8 Å². The first kappa shape index (κ1) is 11.8. The molecule has 0 fully saturated rings. The SMILES string of the molecule is Cc1ccc(N(C)c2ccc3ccccc3c2)cc1. The van der Waals surface area contributed by atoms with Crippen LogP contribution in [0.5, 0.6) is 0 Å². The van der Waals surface area contributed by atoms with Gasteiger partial charge in [-0.25, -0.2) is 0 Å². The largest absolute Gasteiger partial charge is 0.345 e. The van der Waals surface area contributed by atoms with Crippen LogP contribution in [0, 0.1) is 6.92 Å². The van der Waals surface area contributed by atoms with Crippen LogP contribution in [0.1, 0.15) is 5.56 Å². The van der Waals surface area contributed by atoms with Crippen molar-refractivity contribution in [2.45, 2.75) is 6.92 Å². The Hall–Kier alpha value is -2.28. The highest BCUT2D eigenvalue weighted by Crippen LogP contribution is 2.27. The molecule has 3 aromatic rings. The molecule has 0 aliphatic rings. The van der Waals surface area contributed by atoms with Gasteiger partial charge in [0.1, 0.15) is 0 Å². The van der Waals surface area contributed by atoms with Crippen LogP contribution in [-0.4, -0.2) is 7.05 Å². The summed E-state index contributed by atoms with van der Waals surface area (Å²) in [4.78, 5) is 2.21. The quantitative estimate of drug-likeness (QED) is 0.621. The van der Waals surface area contributed by atoms with E-state index < -0.39 is 0 Å². The van der Waals surface area contributed by atoms with E-state index in [4.69, 9.17) is 0 Å². The van der Waals surface area contributed by atoms with Gasteiger partial charge in [-0.15, -0.1) is 0 Å². The Bertz CT molecular complexity index is 698. The zero-order valence-electron chi connectivity index (χ0n) is 11.3. The molecule has 0 heterocycles. The van der Waals surface area contributed by atoms with Crippen LogP contribution in [0.2, 0.25) is 0 Å². The number of aryl methyl sites for hydroxylation is 1. The molecule has 0 radical (unpaired) electrons. The van der Waals surface area contributed by atoms with Gasteiger partial charge in [-0.3, -0.25) is 0 Å². The third kappa shape index (κ3) is 2.32. The summed E-state index contributed by atoms with van der Waals surface area (Å²) in [6, 6.07) is 23.6. The van der Waals surface area contributed by atoms with Crippen molar-refractivity contribution in [3.05, 3.63) is 72.3 Å². The highest BCUT2D eigenvalue weighted by atomic mass is 15.1. The Labute approximate surface area is 114 Å². The van der Waals surface area contributed by atoms with Gasteiger partial charge in [0.15, 0.2) is 0 Å². The van der Waals surface area contributed by atoms with E-state index in [1.807, 2.05) is 0 Å². The lowest BCUT2D eigenvalue weighted by Gasteiger charge is -2.20. The van der Waals surface area contributed by atoms with Gasteiger partial charge >= 0.3 is 0 Å². The zero-order valence-corrected chi connectivity index (χ0v) is 11.3. The average Bonchev–Trinajstić information content (AvgIpc) is 2.47. The first-order valence-corrected chi connectivity index (χ1v) is 6.53. The number of fused-ring (bicyclic) bond motifs is 1. The van der Waals surface area contributed by atoms with Crippen molar-refractivity contribution >= 4 is 22.1 Å². The molecule has 1 nitrogen and oxygen atoms in total. The molecule has 0 saturated carbocycles. The summed E-state index contributed by atoms with van der Waals surface area (Å²) < 4.78 is 0. The predicted molar refractivity (Wildman–Crippen MR) is 83.2 cm³/mol. The smallest absolute Gasteiger partial charge is 0.0414 e. The summed E-state index contributed by atoms with van der Waals surface area (Å²) >= 11 is 0. The fraction of sp³-hybridized carbons (Fsp3) is 0.111. The number of nitrogens with zero attached hydrogens (tertiary/aromatic N) is 1. The standard InChI is InChI=1S/C18H17N/c1-14-7-10-17(11-8-14)19(2)18-12-9-15-5-3-4-6-16(15)13-18/h3-13H,1-2H3. The molecule has 94 valence electrons. The number of rotatable bonds is 2. The normalized spacial score (nSPS) is 10.6. The maximum absolute atomic E-state index is 2.23. The minimum atomic E-state index is 1.21. The molecule has 0 saturated heterocycles. The summed E-state index contributed by atoms with van der Waals surface area (Å²) in [6.07, 6.45) is 0. The second kappa shape index (κ2) is 4.77. The molecule has 0 atom stereocenters. The van der Waals surface area contributed by atoms with Gasteiger partial charge in [0, 0.05) is 18.4 Å². The van der Waals surface area contributed by atoms with Crippen LogP contribution in [-0.2, 0) is 0 Å². The van der Waals surface area contributed by atoms with Crippen molar-refractivity contribution in [3.63, 3.8) is 0 Å². The summed E-state index contributed by atoms with van der Waals surface area (Å²) in [5.74, 6) is 0. The molecule has 0 unspecified atom stereocenters. The summed E-state index contributed by atoms with van der Waals surface area (Å²) in [6.45, 7) is 2.11. The van der Waals surface area contributed by atoms with Crippen LogP contribution in [0.4, 0.5) is 11.4 Å². The van der Waals surface area contributed by atoms with Crippen molar-refractivity contribution in [1.82, 2.24) is 0 Å². The van der Waals surface area contributed by atoms with Crippen molar-refractivity contribution in [2.75, 3.05) is 11.9 Å². The summed E-state index contributed by atoms with van der Waals surface area (Å²) in [7, 11) is 2.11. The third-order valence-electron chi connectivity index (χ3n) is 3.54. The van der Waals surface area contributed by atoms with Crippen molar-refractivity contribution < 1.29 is 0 Å². The van der Waals surface area contributed by atoms with E-state index in [1.165, 1.54) is 27.7 Å². The van der Waals surface area contributed by atoms with E-state index in [-0.39, 0.29) is 0 Å². The molecule has 0 aromatic heterocycles. The average molecular weight is 247 g/mol. The Morgan fingerprint density at radius 1 is 0.684 bits per heavy atom. The number of anilines is 2. The molecule has 3 rings (SSSR count). The summed E-state index contributed by atoms with van der Waals surface area (Å²) in [5.41, 5.74) is 3.71. The van der Waals surface area contributed by atoms with Gasteiger partial charge in [0.2, 0.25) is 0 Å². The number of benzene rings is 3. The number of hydrogen-bond acceptors (Lipinski definition) is 1. The molecule has 3 aromatic carbocycles. The molecule has 19 heavy (non-hydrogen) atoms. The van der Waals surface area contributed by atoms with E-state index >= 15 is 0 Å². The van der Waals surface area contributed by atoms with E-state index in [1.54, 1.807) is 0 Å². The maximum Gasteiger partial charge on any atom is 0.0414 e. The van der Waals surface area contributed by atoms with Crippen LogP contribution >= 0.6 is 0 Å². The molecule has 0 spiro atoms. The second-order valence-corrected chi connectivity index (χ2v) is 4.93. The van der Waals surface area contributed by atoms with E-state index in [2.05, 4.69) is 85.6 Å². The molecule has 0 aliphatic carbocycles. The third-order valence-corrected chi connectivity index (χ3v) is 3.54. The Morgan fingerprint density at radius 2 is 1.32 bits per heavy atom. The van der Waals surface area contributed by atoms with E-state index in [0.29, 0.717) is 0 Å². The minimum absolute atomic E-state index is 1.21. The lowest BCUT2D eigenvalue weighted by Crippen LogP contribution is -2.08. The van der Waals surface area contributed by atoms with Crippen LogP contribution in [0.3, 0.4) is 0 Å². The molecule has 0 aliphatic heterocycles. The Balaban J connectivity index is 2.01. The topological polar surface area (TPSA) is 3.24 Å². The van der Waals surface area contributed by atoms with E-state index in [0.717, 1.165) is 0 Å². The molecule has 1 heteroatoms. The lowest BCUT2D eigenvalue weighted by molar-refractivity contribution is 1.21. The van der Waals surface area contributed by atoms with Gasteiger partial charge in [0.05, 0.1) is 0 Å². The van der Waals surface area contributed by atoms with Gasteiger partial charge in [-0.2, -0.15) is 0 Å². The fourth-order valence-electron chi connectivity index (χ4n) is 2.30. The monoisotopic (exact) mass is 247 g/mol. The van der Waals surface area contributed by atoms with Crippen molar-refractivity contribution in [3.8, 4) is 0 Å². The van der Waals surface area contributed by atoms with Gasteiger partial charge in [0.25, 0.3) is 0 Å². The highest BCUT2D eigenvalue weighted by Gasteiger charge is 2.04. The predicted octanol–water partition coefficient (Wildman–Crippen LogP) is 4.92. The first-order valence-electron chi connectivity index (χ1n) is 6.53. The van der Waals surface area contributed by atoms with Gasteiger partial charge in [-0.05, 0) is 42.0 Å². The zero-order chi connectivity index (χ0) is 13.2. The van der Waals surface area contributed by atoms with Crippen LogP contribution < -0.4 is 4.90 Å². The van der Waals surface area contributed by atoms with E-state index in [9.17, 15) is 0 Å². The minimum Gasteiger partial charge on any atom is -0.345 e. The maximum atomic E-state index is 2.23. The molecule has 0 N–H and O–H groups in total. The Kier molecular flexibility index (Phi) is 2.96. The van der Waals surface area contributed by atoms with Crippen LogP contribution in [0.15, 0.2) is 66.7 Å². The molecule has 0 amide bonds. The highest BCUT2D eigenvalue weighted by molar-refractivity contribution is 5.86. The Morgan fingerprint density at radius 3 is 2.05 bits per heavy atom. The fourth-order valence-corrected chi connectivity index (χ4v) is 2.30. The molecular weight excluding hydrogens is 230 g/mol. The van der Waals surface area contributed by atoms with Gasteiger partial charge < -0.3 is 4.90 Å². The second-order valence-electron chi connectivity index (χ2n) is 4.93. The van der Waals surface area contributed by atoms with Gasteiger partial charge in [-0.1, -0.05) is 48.0 Å². The summed E-state index contributed by atoms with van der Waals surface area (Å²) in [5, 5.41) is 2.56. The molecular formula is C18H17N. The molecule has 0 bridgehead atoms. The van der Waals surface area contributed by atoms with Crippen molar-refractivity contribution in [1.29, 1.82) is 0 Å². The first-order chi connectivity index (χ1) is 9.24.